The van der Waals surface area contributed by atoms with Crippen LogP contribution in [0.1, 0.15) is 37.5 Å². The van der Waals surface area contributed by atoms with Gasteiger partial charge in [-0.25, -0.2) is 9.97 Å². The van der Waals surface area contributed by atoms with Crippen molar-refractivity contribution >= 4 is 41.1 Å². The van der Waals surface area contributed by atoms with Gasteiger partial charge in [-0.05, 0) is 48.6 Å². The normalized spacial score (nSPS) is 12.6. The highest BCUT2D eigenvalue weighted by Crippen LogP contribution is 2.38. The Balaban J connectivity index is 2.03. The third-order valence-electron chi connectivity index (χ3n) is 5.22. The molecule has 156 valence electrons. The molecule has 0 unspecified atom stereocenters. The molecular formula is C22H25N4O3P. The zero-order chi connectivity index (χ0) is 21.8. The topological polar surface area (TPSA) is 99.8 Å². The number of benzene rings is 2. The summed E-state index contributed by atoms with van der Waals surface area (Å²) in [7, 11) is -4.59. The summed E-state index contributed by atoms with van der Waals surface area (Å²) in [5, 5.41) is 3.28. The maximum absolute atomic E-state index is 12.1. The van der Waals surface area contributed by atoms with Gasteiger partial charge in [-0.15, -0.1) is 0 Å². The molecule has 30 heavy (non-hydrogen) atoms. The number of hydrogen-bond donors (Lipinski definition) is 3. The SMILES string of the molecule is Cc1ccc(Nc2nc3cc(C(C)(C)C)ccc3n3cnc(P(=O)(O)O)c23)c(C)c1. The van der Waals surface area contributed by atoms with Gasteiger partial charge in [0, 0.05) is 5.69 Å². The molecule has 0 saturated carbocycles. The van der Waals surface area contributed by atoms with E-state index in [1.165, 1.54) is 6.33 Å². The van der Waals surface area contributed by atoms with Crippen LogP contribution in [0.5, 0.6) is 0 Å². The zero-order valence-corrected chi connectivity index (χ0v) is 18.5. The van der Waals surface area contributed by atoms with Crippen LogP contribution < -0.4 is 10.8 Å². The second-order valence-electron chi connectivity index (χ2n) is 8.69. The van der Waals surface area contributed by atoms with E-state index in [-0.39, 0.29) is 16.4 Å². The Kier molecular flexibility index (Phi) is 4.73. The number of fused-ring (bicyclic) bond motifs is 3. The van der Waals surface area contributed by atoms with Crippen LogP contribution in [0.3, 0.4) is 0 Å². The van der Waals surface area contributed by atoms with Gasteiger partial charge in [0.1, 0.15) is 11.8 Å². The molecule has 7 nitrogen and oxygen atoms in total. The lowest BCUT2D eigenvalue weighted by molar-refractivity contribution is 0.386. The van der Waals surface area contributed by atoms with Crippen LogP contribution >= 0.6 is 7.60 Å². The molecule has 0 bridgehead atoms. The van der Waals surface area contributed by atoms with Crippen molar-refractivity contribution in [1.29, 1.82) is 0 Å². The first kappa shape index (κ1) is 20.5. The molecule has 0 saturated heterocycles. The smallest absolute Gasteiger partial charge is 0.338 e. The van der Waals surface area contributed by atoms with Crippen LogP contribution in [0.25, 0.3) is 16.6 Å². The van der Waals surface area contributed by atoms with Crippen LogP contribution in [0.15, 0.2) is 42.7 Å². The van der Waals surface area contributed by atoms with Crippen molar-refractivity contribution < 1.29 is 14.4 Å². The predicted octanol–water partition coefficient (Wildman–Crippen LogP) is 4.34. The van der Waals surface area contributed by atoms with Gasteiger partial charge in [-0.3, -0.25) is 8.97 Å². The Bertz CT molecular complexity index is 1330. The minimum absolute atomic E-state index is 0.0576. The van der Waals surface area contributed by atoms with Crippen LogP contribution in [0.2, 0.25) is 0 Å². The molecule has 0 radical (unpaired) electrons. The van der Waals surface area contributed by atoms with Crippen molar-refractivity contribution in [3.8, 4) is 0 Å². The number of rotatable bonds is 3. The summed E-state index contributed by atoms with van der Waals surface area (Å²) in [6.07, 6.45) is 1.44. The number of nitrogens with zero attached hydrogens (tertiary/aromatic N) is 3. The van der Waals surface area contributed by atoms with Gasteiger partial charge in [0.05, 0.1) is 11.0 Å². The van der Waals surface area contributed by atoms with Crippen molar-refractivity contribution in [3.63, 3.8) is 0 Å². The number of aryl methyl sites for hydroxylation is 2. The van der Waals surface area contributed by atoms with E-state index in [2.05, 4.69) is 31.1 Å². The van der Waals surface area contributed by atoms with E-state index in [0.717, 1.165) is 33.4 Å². The molecule has 3 N–H and O–H groups in total. The second-order valence-corrected chi connectivity index (χ2v) is 10.2. The maximum atomic E-state index is 12.1. The van der Waals surface area contributed by atoms with E-state index < -0.39 is 7.60 Å². The lowest BCUT2D eigenvalue weighted by Crippen LogP contribution is -2.12. The maximum Gasteiger partial charge on any atom is 0.376 e. The summed E-state index contributed by atoms with van der Waals surface area (Å²) in [5.74, 6) is 0.358. The molecule has 2 aromatic carbocycles. The van der Waals surface area contributed by atoms with Gasteiger partial charge >= 0.3 is 7.60 Å². The van der Waals surface area contributed by atoms with Gasteiger partial charge in [0.25, 0.3) is 0 Å². The van der Waals surface area contributed by atoms with E-state index in [0.29, 0.717) is 5.82 Å². The van der Waals surface area contributed by atoms with E-state index in [9.17, 15) is 14.4 Å². The highest BCUT2D eigenvalue weighted by molar-refractivity contribution is 7.60. The fourth-order valence-corrected chi connectivity index (χ4v) is 4.27. The molecule has 0 fully saturated rings. The van der Waals surface area contributed by atoms with Crippen LogP contribution in [0.4, 0.5) is 11.5 Å². The largest absolute Gasteiger partial charge is 0.376 e. The summed E-state index contributed by atoms with van der Waals surface area (Å²) >= 11 is 0. The van der Waals surface area contributed by atoms with Gasteiger partial charge in [-0.2, -0.15) is 0 Å². The average molecular weight is 424 g/mol. The van der Waals surface area contributed by atoms with Crippen molar-refractivity contribution in [2.24, 2.45) is 0 Å². The summed E-state index contributed by atoms with van der Waals surface area (Å²) in [4.78, 5) is 28.5. The van der Waals surface area contributed by atoms with E-state index >= 15 is 0 Å². The Morgan fingerprint density at radius 2 is 1.80 bits per heavy atom. The van der Waals surface area contributed by atoms with Crippen molar-refractivity contribution in [2.75, 3.05) is 5.32 Å². The monoisotopic (exact) mass is 424 g/mol. The van der Waals surface area contributed by atoms with E-state index in [4.69, 9.17) is 4.98 Å². The van der Waals surface area contributed by atoms with E-state index in [1.54, 1.807) is 4.40 Å². The van der Waals surface area contributed by atoms with Crippen molar-refractivity contribution in [3.05, 3.63) is 59.4 Å². The lowest BCUT2D eigenvalue weighted by Gasteiger charge is -2.20. The minimum Gasteiger partial charge on any atom is -0.338 e. The number of hydrogen-bond acceptors (Lipinski definition) is 4. The van der Waals surface area contributed by atoms with Crippen molar-refractivity contribution in [2.45, 2.75) is 40.0 Å². The summed E-state index contributed by atoms with van der Waals surface area (Å²) in [6.45, 7) is 10.4. The Hall–Kier alpha value is -2.73. The molecule has 4 rings (SSSR count). The molecule has 0 spiro atoms. The molecule has 0 aliphatic rings. The van der Waals surface area contributed by atoms with Crippen molar-refractivity contribution in [1.82, 2.24) is 14.4 Å². The third-order valence-corrected chi connectivity index (χ3v) is 6.10. The minimum atomic E-state index is -4.59. The Morgan fingerprint density at radius 1 is 1.07 bits per heavy atom. The standard InChI is InChI=1S/C22H25N4O3P/c1-13-6-8-16(14(2)10-13)24-20-19-21(30(27,28)29)23-12-26(19)18-9-7-15(22(3,4)5)11-17(18)25-20/h6-12H,1-5H3,(H,24,25)(H2,27,28,29). The number of anilines is 2. The number of imidazole rings is 1. The third kappa shape index (κ3) is 3.60. The summed E-state index contributed by atoms with van der Waals surface area (Å²) in [5.41, 5.74) is 5.46. The second kappa shape index (κ2) is 6.91. The van der Waals surface area contributed by atoms with Crippen LogP contribution in [0, 0.1) is 13.8 Å². The molecular weight excluding hydrogens is 399 g/mol. The quantitative estimate of drug-likeness (QED) is 0.423. The predicted molar refractivity (Wildman–Crippen MR) is 120 cm³/mol. The molecule has 4 aromatic rings. The zero-order valence-electron chi connectivity index (χ0n) is 17.6. The van der Waals surface area contributed by atoms with Gasteiger partial charge in [-0.1, -0.05) is 44.5 Å². The molecule has 2 aromatic heterocycles. The van der Waals surface area contributed by atoms with Gasteiger partial charge in [0.15, 0.2) is 11.3 Å². The van der Waals surface area contributed by atoms with Gasteiger partial charge < -0.3 is 15.1 Å². The molecule has 2 heterocycles. The fourth-order valence-electron chi connectivity index (χ4n) is 3.58. The lowest BCUT2D eigenvalue weighted by atomic mass is 9.87. The first-order valence-corrected chi connectivity index (χ1v) is 11.3. The Morgan fingerprint density at radius 3 is 2.43 bits per heavy atom. The van der Waals surface area contributed by atoms with Crippen LogP contribution in [-0.2, 0) is 9.98 Å². The fraction of sp³-hybridized carbons (Fsp3) is 0.273. The highest BCUT2D eigenvalue weighted by Gasteiger charge is 2.28. The molecule has 0 amide bonds. The average Bonchev–Trinajstić information content (AvgIpc) is 3.09. The summed E-state index contributed by atoms with van der Waals surface area (Å²) in [6, 6.07) is 11.9. The molecule has 0 aliphatic heterocycles. The van der Waals surface area contributed by atoms with E-state index in [1.807, 2.05) is 50.2 Å². The van der Waals surface area contributed by atoms with Gasteiger partial charge in [0.2, 0.25) is 0 Å². The highest BCUT2D eigenvalue weighted by atomic mass is 31.2. The van der Waals surface area contributed by atoms with Crippen LogP contribution in [-0.4, -0.2) is 24.2 Å². The molecule has 0 atom stereocenters. The summed E-state index contributed by atoms with van der Waals surface area (Å²) < 4.78 is 13.8. The first-order valence-electron chi connectivity index (χ1n) is 9.67. The number of nitrogens with one attached hydrogen (secondary N) is 1. The molecule has 0 aliphatic carbocycles. The first-order chi connectivity index (χ1) is 13.9. The Labute approximate surface area is 175 Å². The molecule has 8 heteroatoms. The number of aromatic nitrogens is 3.